The predicted molar refractivity (Wildman–Crippen MR) is 82.0 cm³/mol. The molecule has 2 unspecified atom stereocenters. The Kier molecular flexibility index (Phi) is 4.77. The minimum atomic E-state index is -3.48. The summed E-state index contributed by atoms with van der Waals surface area (Å²) in [5, 5.41) is 17.5. The van der Waals surface area contributed by atoms with Gasteiger partial charge in [-0.25, -0.2) is 13.1 Å². The molecule has 1 aromatic heterocycles. The quantitative estimate of drug-likeness (QED) is 0.752. The summed E-state index contributed by atoms with van der Waals surface area (Å²) in [4.78, 5) is 0.0359. The van der Waals surface area contributed by atoms with Crippen molar-refractivity contribution in [2.45, 2.75) is 56.1 Å². The van der Waals surface area contributed by atoms with E-state index in [9.17, 15) is 13.5 Å². The molecule has 1 heterocycles. The van der Waals surface area contributed by atoms with Gasteiger partial charge in [-0.1, -0.05) is 19.8 Å². The van der Waals surface area contributed by atoms with Crippen LogP contribution in [0.25, 0.3) is 0 Å². The van der Waals surface area contributed by atoms with Crippen LogP contribution in [-0.2, 0) is 9.84 Å². The van der Waals surface area contributed by atoms with Crippen molar-refractivity contribution in [3.8, 4) is 0 Å². The fourth-order valence-corrected chi connectivity index (χ4v) is 3.72. The molecule has 0 saturated heterocycles. The molecule has 21 heavy (non-hydrogen) atoms. The lowest BCUT2D eigenvalue weighted by molar-refractivity contribution is 0.0706. The largest absolute Gasteiger partial charge is 0.391 e. The molecule has 1 aliphatic carbocycles. The third-order valence-corrected chi connectivity index (χ3v) is 4.97. The average Bonchev–Trinajstić information content (AvgIpc) is 2.73. The monoisotopic (exact) mass is 316 g/mol. The number of anilines is 2. The van der Waals surface area contributed by atoms with Gasteiger partial charge in [-0.15, -0.1) is 0 Å². The molecule has 1 saturated carbocycles. The van der Waals surface area contributed by atoms with Gasteiger partial charge in [0.25, 0.3) is 0 Å². The molecule has 0 aromatic carbocycles. The summed E-state index contributed by atoms with van der Waals surface area (Å²) < 4.78 is 25.4. The third kappa shape index (κ3) is 3.32. The van der Waals surface area contributed by atoms with Crippen LogP contribution in [0.2, 0.25) is 0 Å². The second-order valence-corrected chi connectivity index (χ2v) is 7.58. The lowest BCUT2D eigenvalue weighted by atomic mass is 9.93. The fourth-order valence-electron chi connectivity index (χ4n) is 2.79. The number of nitrogen functional groups attached to an aromatic ring is 1. The van der Waals surface area contributed by atoms with Crippen molar-refractivity contribution in [3.63, 3.8) is 0 Å². The normalized spacial score (nSPS) is 23.2. The molecular weight excluding hydrogens is 292 g/mol. The first-order valence-corrected chi connectivity index (χ1v) is 9.25. The molecule has 0 aliphatic heterocycles. The molecule has 2 rings (SSSR count). The highest BCUT2D eigenvalue weighted by atomic mass is 32.2. The molecule has 7 nitrogen and oxygen atoms in total. The van der Waals surface area contributed by atoms with Crippen LogP contribution in [-0.4, -0.2) is 42.2 Å². The van der Waals surface area contributed by atoms with Gasteiger partial charge < -0.3 is 16.2 Å². The Labute approximate surface area is 125 Å². The van der Waals surface area contributed by atoms with E-state index in [1.165, 1.54) is 4.68 Å². The number of nitrogens with two attached hydrogens (primary N) is 1. The second-order valence-electron chi connectivity index (χ2n) is 5.63. The van der Waals surface area contributed by atoms with Crippen molar-refractivity contribution in [1.29, 1.82) is 0 Å². The highest BCUT2D eigenvalue weighted by molar-refractivity contribution is 7.91. The maximum atomic E-state index is 12.0. The van der Waals surface area contributed by atoms with Crippen LogP contribution in [0.5, 0.6) is 0 Å². The Morgan fingerprint density at radius 3 is 2.67 bits per heavy atom. The molecule has 120 valence electrons. The summed E-state index contributed by atoms with van der Waals surface area (Å²) in [5.74, 6) is 0.400. The number of aliphatic hydroxyl groups excluding tert-OH is 1. The van der Waals surface area contributed by atoms with E-state index in [-0.39, 0.29) is 22.6 Å². The minimum absolute atomic E-state index is 0.0359. The summed E-state index contributed by atoms with van der Waals surface area (Å²) in [5.41, 5.74) is 6.03. The molecule has 1 aromatic rings. The summed E-state index contributed by atoms with van der Waals surface area (Å²) in [6.07, 6.45) is 4.83. The van der Waals surface area contributed by atoms with E-state index in [1.807, 2.05) is 6.92 Å². The van der Waals surface area contributed by atoms with Crippen LogP contribution >= 0.6 is 0 Å². The standard InChI is InChI=1S/C13H24N4O3S/c1-3-8-15-13-11(21(2,19)20)12(14)17(16-13)9-6-4-5-7-10(9)18/h9-10,18H,3-8,14H2,1-2H3,(H,15,16). The minimum Gasteiger partial charge on any atom is -0.391 e. The van der Waals surface area contributed by atoms with Crippen molar-refractivity contribution in [2.75, 3.05) is 23.9 Å². The maximum Gasteiger partial charge on any atom is 0.182 e. The molecular formula is C13H24N4O3S. The van der Waals surface area contributed by atoms with E-state index in [0.29, 0.717) is 13.0 Å². The Bertz CT molecular complexity index is 597. The van der Waals surface area contributed by atoms with Crippen molar-refractivity contribution in [3.05, 3.63) is 0 Å². The van der Waals surface area contributed by atoms with Crippen LogP contribution in [0.3, 0.4) is 0 Å². The zero-order valence-electron chi connectivity index (χ0n) is 12.5. The lowest BCUT2D eigenvalue weighted by Crippen LogP contribution is -2.29. The van der Waals surface area contributed by atoms with Crippen molar-refractivity contribution < 1.29 is 13.5 Å². The predicted octanol–water partition coefficient (Wildman–Crippen LogP) is 1.17. The number of hydrogen-bond acceptors (Lipinski definition) is 6. The number of nitrogens with one attached hydrogen (secondary N) is 1. The Balaban J connectivity index is 2.45. The van der Waals surface area contributed by atoms with E-state index in [0.717, 1.165) is 31.9 Å². The van der Waals surface area contributed by atoms with Gasteiger partial charge in [0.15, 0.2) is 20.6 Å². The molecule has 0 spiro atoms. The first-order valence-electron chi connectivity index (χ1n) is 7.36. The Hall–Kier alpha value is -1.28. The average molecular weight is 316 g/mol. The first kappa shape index (κ1) is 16.1. The van der Waals surface area contributed by atoms with E-state index in [1.54, 1.807) is 0 Å². The SMILES string of the molecule is CCCNc1nn(C2CCCCC2O)c(N)c1S(C)(=O)=O. The topological polar surface area (TPSA) is 110 Å². The molecule has 4 N–H and O–H groups in total. The molecule has 1 aliphatic rings. The van der Waals surface area contributed by atoms with E-state index >= 15 is 0 Å². The lowest BCUT2D eigenvalue weighted by Gasteiger charge is -2.28. The smallest absolute Gasteiger partial charge is 0.182 e. The van der Waals surface area contributed by atoms with E-state index in [2.05, 4.69) is 10.4 Å². The molecule has 1 fully saturated rings. The van der Waals surface area contributed by atoms with E-state index in [4.69, 9.17) is 5.73 Å². The number of aromatic nitrogens is 2. The molecule has 2 atom stereocenters. The van der Waals surface area contributed by atoms with Crippen LogP contribution in [0.4, 0.5) is 11.6 Å². The zero-order chi connectivity index (χ0) is 15.6. The second kappa shape index (κ2) is 6.23. The summed E-state index contributed by atoms with van der Waals surface area (Å²) in [7, 11) is -3.48. The van der Waals surface area contributed by atoms with Crippen LogP contribution < -0.4 is 11.1 Å². The number of hydrogen-bond donors (Lipinski definition) is 3. The zero-order valence-corrected chi connectivity index (χ0v) is 13.4. The van der Waals surface area contributed by atoms with Gasteiger partial charge >= 0.3 is 0 Å². The summed E-state index contributed by atoms with van der Waals surface area (Å²) in [6.45, 7) is 2.60. The van der Waals surface area contributed by atoms with E-state index < -0.39 is 15.9 Å². The van der Waals surface area contributed by atoms with Crippen molar-refractivity contribution in [1.82, 2.24) is 9.78 Å². The molecule has 0 bridgehead atoms. The van der Waals surface area contributed by atoms with Crippen LogP contribution in [0, 0.1) is 0 Å². The third-order valence-electron chi connectivity index (χ3n) is 3.82. The number of aliphatic hydroxyl groups is 1. The molecule has 0 amide bonds. The maximum absolute atomic E-state index is 12.0. The van der Waals surface area contributed by atoms with Gasteiger partial charge in [-0.3, -0.25) is 0 Å². The number of rotatable bonds is 5. The van der Waals surface area contributed by atoms with Gasteiger partial charge in [-0.2, -0.15) is 5.10 Å². The molecule has 0 radical (unpaired) electrons. The summed E-state index contributed by atoms with van der Waals surface area (Å²) >= 11 is 0. The summed E-state index contributed by atoms with van der Waals surface area (Å²) in [6, 6.07) is -0.253. The van der Waals surface area contributed by atoms with Gasteiger partial charge in [0.2, 0.25) is 0 Å². The number of nitrogens with zero attached hydrogens (tertiary/aromatic N) is 2. The van der Waals surface area contributed by atoms with Crippen molar-refractivity contribution >= 4 is 21.5 Å². The Morgan fingerprint density at radius 2 is 2.10 bits per heavy atom. The van der Waals surface area contributed by atoms with Gasteiger partial charge in [0, 0.05) is 12.8 Å². The van der Waals surface area contributed by atoms with Gasteiger partial charge in [-0.05, 0) is 19.3 Å². The van der Waals surface area contributed by atoms with Gasteiger partial charge in [0.05, 0.1) is 12.1 Å². The van der Waals surface area contributed by atoms with Crippen LogP contribution in [0.15, 0.2) is 4.90 Å². The highest BCUT2D eigenvalue weighted by Gasteiger charge is 2.31. The van der Waals surface area contributed by atoms with Gasteiger partial charge in [0.1, 0.15) is 5.82 Å². The molecule has 8 heteroatoms. The Morgan fingerprint density at radius 1 is 1.43 bits per heavy atom. The highest BCUT2D eigenvalue weighted by Crippen LogP contribution is 2.35. The van der Waals surface area contributed by atoms with Crippen LogP contribution in [0.1, 0.15) is 45.1 Å². The number of sulfone groups is 1. The van der Waals surface area contributed by atoms with Crippen molar-refractivity contribution in [2.24, 2.45) is 0 Å². The fraction of sp³-hybridized carbons (Fsp3) is 0.769. The first-order chi connectivity index (χ1) is 9.86.